The summed E-state index contributed by atoms with van der Waals surface area (Å²) in [6.45, 7) is 0.295. The topological polar surface area (TPSA) is 72.0 Å². The highest BCUT2D eigenvalue weighted by atomic mass is 79.9. The van der Waals surface area contributed by atoms with E-state index in [0.29, 0.717) is 13.0 Å². The van der Waals surface area contributed by atoms with Crippen LogP contribution < -0.4 is 4.72 Å². The number of aromatic nitrogens is 2. The molecule has 3 aromatic rings. The SMILES string of the molecule is O=S(=O)(NCCc1csc(-c2ccccn2)n1)c1ccc(Br)cc1. The molecule has 5 nitrogen and oxygen atoms in total. The first-order chi connectivity index (χ1) is 11.5. The molecule has 0 radical (unpaired) electrons. The Labute approximate surface area is 153 Å². The Kier molecular flexibility index (Phi) is 5.40. The third-order valence-electron chi connectivity index (χ3n) is 3.23. The zero-order valence-corrected chi connectivity index (χ0v) is 15.7. The number of hydrogen-bond acceptors (Lipinski definition) is 5. The second-order valence-electron chi connectivity index (χ2n) is 4.96. The van der Waals surface area contributed by atoms with Gasteiger partial charge in [-0.1, -0.05) is 22.0 Å². The van der Waals surface area contributed by atoms with Gasteiger partial charge < -0.3 is 0 Å². The van der Waals surface area contributed by atoms with Crippen molar-refractivity contribution >= 4 is 37.3 Å². The van der Waals surface area contributed by atoms with Crippen LogP contribution in [0.4, 0.5) is 0 Å². The maximum atomic E-state index is 12.2. The van der Waals surface area contributed by atoms with E-state index in [9.17, 15) is 8.42 Å². The van der Waals surface area contributed by atoms with Crippen LogP contribution in [0.5, 0.6) is 0 Å². The maximum absolute atomic E-state index is 12.2. The molecule has 0 atom stereocenters. The quantitative estimate of drug-likeness (QED) is 0.658. The Bertz CT molecular complexity index is 910. The van der Waals surface area contributed by atoms with Crippen LogP contribution in [-0.2, 0) is 16.4 Å². The molecule has 1 aromatic carbocycles. The number of halogens is 1. The molecule has 8 heteroatoms. The predicted molar refractivity (Wildman–Crippen MR) is 98.4 cm³/mol. The summed E-state index contributed by atoms with van der Waals surface area (Å²) >= 11 is 4.79. The zero-order chi connectivity index (χ0) is 17.0. The monoisotopic (exact) mass is 423 g/mol. The van der Waals surface area contributed by atoms with Crippen LogP contribution in [0.2, 0.25) is 0 Å². The van der Waals surface area contributed by atoms with Crippen molar-refractivity contribution in [3.8, 4) is 10.7 Å². The molecule has 0 unspecified atom stereocenters. The van der Waals surface area contributed by atoms with Gasteiger partial charge in [0, 0.05) is 29.0 Å². The lowest BCUT2D eigenvalue weighted by Crippen LogP contribution is -2.26. The molecule has 2 aromatic heterocycles. The Morgan fingerprint density at radius 2 is 1.92 bits per heavy atom. The predicted octanol–water partition coefficient (Wildman–Crippen LogP) is 3.49. The van der Waals surface area contributed by atoms with Gasteiger partial charge in [0.05, 0.1) is 16.3 Å². The fourth-order valence-electron chi connectivity index (χ4n) is 2.04. The minimum atomic E-state index is -3.50. The number of sulfonamides is 1. The van der Waals surface area contributed by atoms with E-state index < -0.39 is 10.0 Å². The highest BCUT2D eigenvalue weighted by Gasteiger charge is 2.13. The number of pyridine rings is 1. The average molecular weight is 424 g/mol. The minimum Gasteiger partial charge on any atom is -0.254 e. The van der Waals surface area contributed by atoms with Crippen molar-refractivity contribution in [3.05, 3.63) is 64.2 Å². The highest BCUT2D eigenvalue weighted by molar-refractivity contribution is 9.10. The van der Waals surface area contributed by atoms with Gasteiger partial charge in [0.1, 0.15) is 5.01 Å². The van der Waals surface area contributed by atoms with Crippen molar-refractivity contribution < 1.29 is 8.42 Å². The third kappa shape index (κ3) is 4.27. The Hall–Kier alpha value is -1.61. The van der Waals surface area contributed by atoms with Crippen LogP contribution in [0.3, 0.4) is 0 Å². The maximum Gasteiger partial charge on any atom is 0.240 e. The lowest BCUT2D eigenvalue weighted by atomic mass is 10.3. The zero-order valence-electron chi connectivity index (χ0n) is 12.5. The summed E-state index contributed by atoms with van der Waals surface area (Å²) in [5.41, 5.74) is 1.67. The van der Waals surface area contributed by atoms with Crippen LogP contribution in [0.25, 0.3) is 10.7 Å². The van der Waals surface area contributed by atoms with Crippen molar-refractivity contribution in [2.45, 2.75) is 11.3 Å². The molecule has 0 aliphatic carbocycles. The van der Waals surface area contributed by atoms with E-state index >= 15 is 0 Å². The number of benzene rings is 1. The van der Waals surface area contributed by atoms with Gasteiger partial charge in [0.25, 0.3) is 0 Å². The lowest BCUT2D eigenvalue weighted by Gasteiger charge is -2.06. The normalized spacial score (nSPS) is 11.5. The van der Waals surface area contributed by atoms with E-state index in [2.05, 4.69) is 30.6 Å². The molecule has 0 saturated heterocycles. The smallest absolute Gasteiger partial charge is 0.240 e. The van der Waals surface area contributed by atoms with Crippen LogP contribution >= 0.6 is 27.3 Å². The molecule has 0 saturated carbocycles. The van der Waals surface area contributed by atoms with Crippen molar-refractivity contribution in [3.63, 3.8) is 0 Å². The molecule has 1 N–H and O–H groups in total. The number of hydrogen-bond donors (Lipinski definition) is 1. The van der Waals surface area contributed by atoms with E-state index in [1.165, 1.54) is 11.3 Å². The molecule has 2 heterocycles. The second-order valence-corrected chi connectivity index (χ2v) is 8.50. The summed E-state index contributed by atoms with van der Waals surface area (Å²) in [7, 11) is -3.50. The van der Waals surface area contributed by atoms with Crippen molar-refractivity contribution in [2.75, 3.05) is 6.54 Å². The fraction of sp³-hybridized carbons (Fsp3) is 0.125. The average Bonchev–Trinajstić information content (AvgIpc) is 3.05. The molecule has 0 bridgehead atoms. The van der Waals surface area contributed by atoms with E-state index in [4.69, 9.17) is 0 Å². The standard InChI is InChI=1S/C16H14BrN3O2S2/c17-12-4-6-14(7-5-12)24(21,22)19-10-8-13-11-23-16(20-13)15-3-1-2-9-18-15/h1-7,9,11,19H,8,10H2. The molecular formula is C16H14BrN3O2S2. The summed E-state index contributed by atoms with van der Waals surface area (Å²) in [6.07, 6.45) is 2.25. The van der Waals surface area contributed by atoms with E-state index in [1.54, 1.807) is 30.5 Å². The van der Waals surface area contributed by atoms with Crippen molar-refractivity contribution in [1.29, 1.82) is 0 Å². The first kappa shape index (κ1) is 17.2. The van der Waals surface area contributed by atoms with Gasteiger partial charge in [-0.25, -0.2) is 18.1 Å². The van der Waals surface area contributed by atoms with Gasteiger partial charge in [-0.05, 0) is 36.4 Å². The summed E-state index contributed by atoms with van der Waals surface area (Å²) < 4.78 is 27.8. The molecular weight excluding hydrogens is 410 g/mol. The molecule has 0 spiro atoms. The third-order valence-corrected chi connectivity index (χ3v) is 6.15. The Morgan fingerprint density at radius 3 is 2.62 bits per heavy atom. The van der Waals surface area contributed by atoms with Crippen LogP contribution in [0.1, 0.15) is 5.69 Å². The first-order valence-electron chi connectivity index (χ1n) is 7.16. The van der Waals surface area contributed by atoms with Gasteiger partial charge in [-0.2, -0.15) is 0 Å². The largest absolute Gasteiger partial charge is 0.254 e. The van der Waals surface area contributed by atoms with E-state index in [1.807, 2.05) is 23.6 Å². The Balaban J connectivity index is 1.60. The van der Waals surface area contributed by atoms with Crippen LogP contribution in [-0.4, -0.2) is 24.9 Å². The first-order valence-corrected chi connectivity index (χ1v) is 10.3. The van der Waals surface area contributed by atoms with E-state index in [0.717, 1.165) is 20.9 Å². The number of thiazole rings is 1. The molecule has 24 heavy (non-hydrogen) atoms. The summed E-state index contributed by atoms with van der Waals surface area (Å²) in [5, 5.41) is 2.76. The highest BCUT2D eigenvalue weighted by Crippen LogP contribution is 2.21. The number of nitrogens with one attached hydrogen (secondary N) is 1. The molecule has 0 aliphatic heterocycles. The van der Waals surface area contributed by atoms with E-state index in [-0.39, 0.29) is 4.90 Å². The minimum absolute atomic E-state index is 0.248. The molecule has 0 fully saturated rings. The molecule has 124 valence electrons. The van der Waals surface area contributed by atoms with Crippen molar-refractivity contribution in [2.24, 2.45) is 0 Å². The van der Waals surface area contributed by atoms with Crippen LogP contribution in [0, 0.1) is 0 Å². The van der Waals surface area contributed by atoms with Gasteiger partial charge in [0.2, 0.25) is 10.0 Å². The summed E-state index contributed by atoms with van der Waals surface area (Å²) in [6, 6.07) is 12.2. The van der Waals surface area contributed by atoms with Crippen molar-refractivity contribution in [1.82, 2.24) is 14.7 Å². The summed E-state index contributed by atoms with van der Waals surface area (Å²) in [5.74, 6) is 0. The fourth-order valence-corrected chi connectivity index (χ4v) is 4.17. The molecule has 0 amide bonds. The molecule has 0 aliphatic rings. The lowest BCUT2D eigenvalue weighted by molar-refractivity contribution is 0.581. The number of rotatable bonds is 6. The number of nitrogens with zero attached hydrogens (tertiary/aromatic N) is 2. The van der Waals surface area contributed by atoms with Crippen LogP contribution in [0.15, 0.2) is 63.4 Å². The van der Waals surface area contributed by atoms with Gasteiger partial charge in [-0.15, -0.1) is 11.3 Å². The molecule has 3 rings (SSSR count). The van der Waals surface area contributed by atoms with Gasteiger partial charge in [-0.3, -0.25) is 4.98 Å². The second kappa shape index (κ2) is 7.52. The van der Waals surface area contributed by atoms with Gasteiger partial charge in [0.15, 0.2) is 0 Å². The Morgan fingerprint density at radius 1 is 1.12 bits per heavy atom. The summed E-state index contributed by atoms with van der Waals surface area (Å²) in [4.78, 5) is 9.01. The van der Waals surface area contributed by atoms with Gasteiger partial charge >= 0.3 is 0 Å².